The van der Waals surface area contributed by atoms with Crippen LogP contribution in [0.2, 0.25) is 0 Å². The Morgan fingerprint density at radius 1 is 0.744 bits per heavy atom. The SMILES string of the molecule is [CH2][C@@H]1O[C@H](C(F)(F)C(=O)OCC)[C@H](OCc2ccccc2)[C@@H](OCc2ccccc2)[C@@H]1OCc1ccccc1. The third-order valence-corrected chi connectivity index (χ3v) is 6.39. The molecule has 0 spiro atoms. The van der Waals surface area contributed by atoms with Crippen LogP contribution < -0.4 is 0 Å². The van der Waals surface area contributed by atoms with E-state index in [1.165, 1.54) is 6.92 Å². The van der Waals surface area contributed by atoms with Crippen molar-refractivity contribution in [1.29, 1.82) is 0 Å². The van der Waals surface area contributed by atoms with Gasteiger partial charge in [0.25, 0.3) is 0 Å². The summed E-state index contributed by atoms with van der Waals surface area (Å²) in [6.45, 7) is 5.47. The van der Waals surface area contributed by atoms with Crippen molar-refractivity contribution in [2.45, 2.75) is 63.2 Å². The van der Waals surface area contributed by atoms with E-state index in [9.17, 15) is 4.79 Å². The lowest BCUT2D eigenvalue weighted by Crippen LogP contribution is -2.65. The molecule has 1 heterocycles. The van der Waals surface area contributed by atoms with Gasteiger partial charge in [-0.3, -0.25) is 0 Å². The number of carbonyl (C=O) groups is 1. The molecule has 0 saturated carbocycles. The maximum atomic E-state index is 15.5. The fraction of sp³-hybridized carbons (Fsp3) is 0.355. The first-order chi connectivity index (χ1) is 18.9. The molecule has 1 aliphatic heterocycles. The molecule has 0 aliphatic carbocycles. The molecule has 6 nitrogen and oxygen atoms in total. The Morgan fingerprint density at radius 3 is 1.59 bits per heavy atom. The second kappa shape index (κ2) is 13.8. The average molecular weight is 540 g/mol. The fourth-order valence-electron chi connectivity index (χ4n) is 4.42. The Bertz CT molecular complexity index is 1150. The molecule has 0 N–H and O–H groups in total. The van der Waals surface area contributed by atoms with Crippen molar-refractivity contribution in [2.75, 3.05) is 6.61 Å². The molecule has 8 heteroatoms. The summed E-state index contributed by atoms with van der Waals surface area (Å²) < 4.78 is 60.0. The standard InChI is InChI=1S/C31H33F2O6/c1-3-35-30(34)31(32,33)29-28(38-21-25-17-11-6-12-18-25)27(37-20-24-15-9-5-10-16-24)26(22(2)39-29)36-19-23-13-7-4-8-14-23/h4-18,22,26-29H,2-3,19-21H2,1H3/t22-,26+,27-,28+,29-/m0/s1. The molecule has 1 radical (unpaired) electrons. The second-order valence-corrected chi connectivity index (χ2v) is 9.22. The third-order valence-electron chi connectivity index (χ3n) is 6.39. The van der Waals surface area contributed by atoms with Gasteiger partial charge in [-0.05, 0) is 30.5 Å². The van der Waals surface area contributed by atoms with Crippen LogP contribution in [0.4, 0.5) is 8.78 Å². The topological polar surface area (TPSA) is 63.2 Å². The molecule has 1 aliphatic rings. The number of hydrogen-bond donors (Lipinski definition) is 0. The summed E-state index contributed by atoms with van der Waals surface area (Å²) >= 11 is 0. The quantitative estimate of drug-likeness (QED) is 0.282. The number of benzene rings is 3. The zero-order valence-electron chi connectivity index (χ0n) is 21.8. The summed E-state index contributed by atoms with van der Waals surface area (Å²) in [6, 6.07) is 27.9. The van der Waals surface area contributed by atoms with Crippen molar-refractivity contribution in [1.82, 2.24) is 0 Å². The highest BCUT2D eigenvalue weighted by Crippen LogP contribution is 2.37. The van der Waals surface area contributed by atoms with E-state index in [0.29, 0.717) is 0 Å². The Hall–Kier alpha value is -3.17. The molecule has 4 rings (SSSR count). The van der Waals surface area contributed by atoms with E-state index in [-0.39, 0.29) is 26.4 Å². The number of ether oxygens (including phenoxy) is 5. The van der Waals surface area contributed by atoms with Gasteiger partial charge in [0.05, 0.1) is 32.5 Å². The number of halogens is 2. The third kappa shape index (κ3) is 7.48. The predicted molar refractivity (Wildman–Crippen MR) is 141 cm³/mol. The molecule has 0 amide bonds. The monoisotopic (exact) mass is 539 g/mol. The van der Waals surface area contributed by atoms with Crippen LogP contribution in [-0.4, -0.2) is 49.0 Å². The summed E-state index contributed by atoms with van der Waals surface area (Å²) in [5.74, 6) is -5.72. The molecular weight excluding hydrogens is 506 g/mol. The molecular formula is C31H33F2O6. The van der Waals surface area contributed by atoms with Gasteiger partial charge in [0, 0.05) is 0 Å². The largest absolute Gasteiger partial charge is 0.461 e. The summed E-state index contributed by atoms with van der Waals surface area (Å²) in [7, 11) is 0. The molecule has 0 bridgehead atoms. The highest BCUT2D eigenvalue weighted by Gasteiger charge is 2.60. The molecule has 0 aromatic heterocycles. The molecule has 3 aromatic rings. The maximum Gasteiger partial charge on any atom is 0.379 e. The number of carbonyl (C=O) groups excluding carboxylic acids is 1. The lowest BCUT2D eigenvalue weighted by Gasteiger charge is -2.46. The van der Waals surface area contributed by atoms with Crippen molar-refractivity contribution < 1.29 is 37.3 Å². The summed E-state index contributed by atoms with van der Waals surface area (Å²) in [4.78, 5) is 12.4. The van der Waals surface area contributed by atoms with Crippen LogP contribution in [0.1, 0.15) is 23.6 Å². The minimum absolute atomic E-state index is 0.0112. The average Bonchev–Trinajstić information content (AvgIpc) is 2.96. The first-order valence-electron chi connectivity index (χ1n) is 12.9. The molecule has 207 valence electrons. The molecule has 5 atom stereocenters. The predicted octanol–water partition coefficient (Wildman–Crippen LogP) is 5.54. The summed E-state index contributed by atoms with van der Waals surface area (Å²) in [5, 5.41) is 0. The van der Waals surface area contributed by atoms with E-state index in [4.69, 9.17) is 18.9 Å². The van der Waals surface area contributed by atoms with Gasteiger partial charge in [0.2, 0.25) is 0 Å². The molecule has 1 saturated heterocycles. The van der Waals surface area contributed by atoms with E-state index in [1.54, 1.807) is 0 Å². The van der Waals surface area contributed by atoms with Crippen LogP contribution in [-0.2, 0) is 48.3 Å². The van der Waals surface area contributed by atoms with Gasteiger partial charge in [0.15, 0.2) is 6.10 Å². The summed E-state index contributed by atoms with van der Waals surface area (Å²) in [6.07, 6.45) is -6.40. The van der Waals surface area contributed by atoms with Gasteiger partial charge in [-0.1, -0.05) is 91.0 Å². The van der Waals surface area contributed by atoms with Crippen LogP contribution in [0.15, 0.2) is 91.0 Å². The van der Waals surface area contributed by atoms with Crippen LogP contribution in [0.3, 0.4) is 0 Å². The molecule has 1 fully saturated rings. The molecule has 0 unspecified atom stereocenters. The number of esters is 1. The van der Waals surface area contributed by atoms with E-state index in [0.717, 1.165) is 16.7 Å². The van der Waals surface area contributed by atoms with Crippen LogP contribution in [0, 0.1) is 6.92 Å². The molecule has 39 heavy (non-hydrogen) atoms. The van der Waals surface area contributed by atoms with Gasteiger partial charge < -0.3 is 23.7 Å². The molecule has 3 aromatic carbocycles. The second-order valence-electron chi connectivity index (χ2n) is 9.22. The normalized spacial score (nSPS) is 23.3. The summed E-state index contributed by atoms with van der Waals surface area (Å²) in [5.41, 5.74) is 2.48. The highest BCUT2D eigenvalue weighted by molar-refractivity contribution is 5.78. The Kier molecular flexibility index (Phi) is 10.2. The zero-order chi connectivity index (χ0) is 27.7. The van der Waals surface area contributed by atoms with Gasteiger partial charge in [-0.15, -0.1) is 0 Å². The van der Waals surface area contributed by atoms with Crippen molar-refractivity contribution in [3.8, 4) is 0 Å². The number of rotatable bonds is 12. The fourth-order valence-corrected chi connectivity index (χ4v) is 4.42. The smallest absolute Gasteiger partial charge is 0.379 e. The van der Waals surface area contributed by atoms with Crippen LogP contribution in [0.25, 0.3) is 0 Å². The van der Waals surface area contributed by atoms with E-state index in [1.807, 2.05) is 91.0 Å². The van der Waals surface area contributed by atoms with Gasteiger partial charge >= 0.3 is 11.9 Å². The van der Waals surface area contributed by atoms with Gasteiger partial charge in [-0.2, -0.15) is 8.78 Å². The minimum Gasteiger partial charge on any atom is -0.461 e. The lowest BCUT2D eigenvalue weighted by molar-refractivity contribution is -0.295. The van der Waals surface area contributed by atoms with Crippen LogP contribution >= 0.6 is 0 Å². The first kappa shape index (κ1) is 28.8. The van der Waals surface area contributed by atoms with E-state index < -0.39 is 42.4 Å². The Balaban J connectivity index is 1.66. The maximum absolute atomic E-state index is 15.5. The van der Waals surface area contributed by atoms with Crippen molar-refractivity contribution in [3.05, 3.63) is 115 Å². The van der Waals surface area contributed by atoms with Crippen molar-refractivity contribution >= 4 is 5.97 Å². The minimum atomic E-state index is -4.02. The van der Waals surface area contributed by atoms with E-state index >= 15 is 8.78 Å². The highest BCUT2D eigenvalue weighted by atomic mass is 19.3. The van der Waals surface area contributed by atoms with Gasteiger partial charge in [-0.25, -0.2) is 4.79 Å². The van der Waals surface area contributed by atoms with Crippen LogP contribution in [0.5, 0.6) is 0 Å². The first-order valence-corrected chi connectivity index (χ1v) is 12.9. The Morgan fingerprint density at radius 2 is 1.15 bits per heavy atom. The Labute approximate surface area is 227 Å². The van der Waals surface area contributed by atoms with Crippen molar-refractivity contribution in [3.63, 3.8) is 0 Å². The van der Waals surface area contributed by atoms with E-state index in [2.05, 4.69) is 11.7 Å². The zero-order valence-corrected chi connectivity index (χ0v) is 21.8. The van der Waals surface area contributed by atoms with Gasteiger partial charge in [0.1, 0.15) is 18.3 Å². The number of hydrogen-bond acceptors (Lipinski definition) is 6. The van der Waals surface area contributed by atoms with Crippen molar-refractivity contribution in [2.24, 2.45) is 0 Å². The lowest BCUT2D eigenvalue weighted by atomic mass is 9.91. The number of alkyl halides is 2.